The van der Waals surface area contributed by atoms with Gasteiger partial charge < -0.3 is 11.1 Å². The van der Waals surface area contributed by atoms with E-state index in [1.807, 2.05) is 0 Å². The molecule has 2 aromatic carbocycles. The number of nitrogens with one attached hydrogen (secondary N) is 1. The molecular weight excluding hydrogens is 287 g/mol. The van der Waals surface area contributed by atoms with Crippen molar-refractivity contribution < 1.29 is 9.31 Å². The summed E-state index contributed by atoms with van der Waals surface area (Å²) in [6.45, 7) is 0. The van der Waals surface area contributed by atoms with Crippen LogP contribution in [0.1, 0.15) is 0 Å². The zero-order valence-electron chi connectivity index (χ0n) is 11.3. The second-order valence-corrected chi connectivity index (χ2v) is 4.65. The lowest BCUT2D eigenvalue weighted by atomic mass is 10.1. The molecular formula is C15H11FN4O2. The monoisotopic (exact) mass is 298 g/mol. The summed E-state index contributed by atoms with van der Waals surface area (Å²) < 4.78 is 13.9. The molecule has 110 valence electrons. The summed E-state index contributed by atoms with van der Waals surface area (Å²) in [6.07, 6.45) is 1.45. The van der Waals surface area contributed by atoms with Gasteiger partial charge >= 0.3 is 0 Å². The zero-order valence-corrected chi connectivity index (χ0v) is 11.3. The number of anilines is 3. The second kappa shape index (κ2) is 5.28. The van der Waals surface area contributed by atoms with Crippen molar-refractivity contribution in [3.8, 4) is 0 Å². The van der Waals surface area contributed by atoms with E-state index in [0.29, 0.717) is 28.0 Å². The van der Waals surface area contributed by atoms with Gasteiger partial charge in [-0.25, -0.2) is 9.37 Å². The number of aromatic nitrogens is 1. The van der Waals surface area contributed by atoms with Gasteiger partial charge in [0.15, 0.2) is 0 Å². The Morgan fingerprint density at radius 1 is 1.23 bits per heavy atom. The van der Waals surface area contributed by atoms with Crippen LogP contribution >= 0.6 is 0 Å². The molecule has 1 heterocycles. The predicted molar refractivity (Wildman–Crippen MR) is 82.5 cm³/mol. The first-order valence-corrected chi connectivity index (χ1v) is 6.40. The molecule has 0 spiro atoms. The van der Waals surface area contributed by atoms with Crippen LogP contribution in [0.25, 0.3) is 10.8 Å². The first-order chi connectivity index (χ1) is 10.6. The van der Waals surface area contributed by atoms with Crippen molar-refractivity contribution in [1.82, 2.24) is 4.98 Å². The third kappa shape index (κ3) is 2.39. The van der Waals surface area contributed by atoms with E-state index in [4.69, 9.17) is 5.73 Å². The minimum absolute atomic E-state index is 0.0515. The summed E-state index contributed by atoms with van der Waals surface area (Å²) in [7, 11) is 0. The summed E-state index contributed by atoms with van der Waals surface area (Å²) in [4.78, 5) is 14.5. The van der Waals surface area contributed by atoms with Crippen LogP contribution in [0.15, 0.2) is 48.7 Å². The molecule has 22 heavy (non-hydrogen) atoms. The first-order valence-electron chi connectivity index (χ1n) is 6.40. The van der Waals surface area contributed by atoms with Crippen LogP contribution in [-0.2, 0) is 0 Å². The average molecular weight is 298 g/mol. The fraction of sp³-hybridized carbons (Fsp3) is 0. The smallest absolute Gasteiger partial charge is 0.271 e. The van der Waals surface area contributed by atoms with Gasteiger partial charge in [0.1, 0.15) is 11.6 Å². The van der Waals surface area contributed by atoms with E-state index in [9.17, 15) is 14.5 Å². The largest absolute Gasteiger partial charge is 0.398 e. The molecule has 1 aromatic heterocycles. The molecule has 3 rings (SSSR count). The number of nitrogens with zero attached hydrogens (tertiary/aromatic N) is 2. The Labute approximate surface area is 124 Å². The minimum atomic E-state index is -0.490. The molecule has 0 aliphatic heterocycles. The Kier molecular flexibility index (Phi) is 3.30. The van der Waals surface area contributed by atoms with Crippen molar-refractivity contribution in [3.63, 3.8) is 0 Å². The molecule has 0 saturated carbocycles. The summed E-state index contributed by atoms with van der Waals surface area (Å²) in [5.74, 6) is -0.0660. The molecule has 6 nitrogen and oxygen atoms in total. The number of non-ortho nitro benzene ring substituents is 1. The fourth-order valence-electron chi connectivity index (χ4n) is 2.22. The van der Waals surface area contributed by atoms with Gasteiger partial charge in [0.25, 0.3) is 5.69 Å². The molecule has 0 amide bonds. The minimum Gasteiger partial charge on any atom is -0.398 e. The summed E-state index contributed by atoms with van der Waals surface area (Å²) >= 11 is 0. The van der Waals surface area contributed by atoms with E-state index >= 15 is 0 Å². The maximum atomic E-state index is 13.9. The number of rotatable bonds is 3. The molecule has 0 bridgehead atoms. The fourth-order valence-corrected chi connectivity index (χ4v) is 2.22. The number of nitrogen functional groups attached to an aromatic ring is 1. The first kappa shape index (κ1) is 13.7. The van der Waals surface area contributed by atoms with Gasteiger partial charge in [-0.15, -0.1) is 0 Å². The Morgan fingerprint density at radius 2 is 2.05 bits per heavy atom. The number of fused-ring (bicyclic) bond motifs is 1. The Balaban J connectivity index is 2.10. The van der Waals surface area contributed by atoms with Gasteiger partial charge in [0.2, 0.25) is 0 Å². The number of hydrogen-bond acceptors (Lipinski definition) is 5. The van der Waals surface area contributed by atoms with E-state index in [-0.39, 0.29) is 5.69 Å². The van der Waals surface area contributed by atoms with Gasteiger partial charge in [0, 0.05) is 35.1 Å². The number of nitro groups is 1. The van der Waals surface area contributed by atoms with Crippen LogP contribution < -0.4 is 11.1 Å². The van der Waals surface area contributed by atoms with Crippen molar-refractivity contribution in [2.45, 2.75) is 0 Å². The van der Waals surface area contributed by atoms with Gasteiger partial charge in [-0.3, -0.25) is 10.1 Å². The summed E-state index contributed by atoms with van der Waals surface area (Å²) in [6, 6.07) is 10.2. The van der Waals surface area contributed by atoms with Crippen LogP contribution in [0.5, 0.6) is 0 Å². The van der Waals surface area contributed by atoms with E-state index in [1.54, 1.807) is 12.1 Å². The highest BCUT2D eigenvalue weighted by Crippen LogP contribution is 2.31. The number of hydrogen-bond donors (Lipinski definition) is 2. The normalized spacial score (nSPS) is 10.6. The molecule has 3 aromatic rings. The van der Waals surface area contributed by atoms with E-state index in [2.05, 4.69) is 10.3 Å². The molecule has 3 N–H and O–H groups in total. The molecule has 0 aliphatic rings. The number of benzene rings is 2. The molecule has 0 unspecified atom stereocenters. The van der Waals surface area contributed by atoms with Crippen molar-refractivity contribution in [1.29, 1.82) is 0 Å². The second-order valence-electron chi connectivity index (χ2n) is 4.65. The maximum Gasteiger partial charge on any atom is 0.271 e. The maximum absolute atomic E-state index is 13.9. The van der Waals surface area contributed by atoms with E-state index in [1.165, 1.54) is 36.5 Å². The molecule has 0 radical (unpaired) electrons. The molecule has 7 heteroatoms. The molecule has 0 aliphatic carbocycles. The predicted octanol–water partition coefficient (Wildman–Crippen LogP) is 3.61. The van der Waals surface area contributed by atoms with Gasteiger partial charge in [0.05, 0.1) is 10.3 Å². The third-order valence-electron chi connectivity index (χ3n) is 3.23. The number of halogens is 1. The van der Waals surface area contributed by atoms with Crippen LogP contribution in [0.2, 0.25) is 0 Å². The van der Waals surface area contributed by atoms with Crippen LogP contribution in [0, 0.1) is 15.9 Å². The Morgan fingerprint density at radius 3 is 2.82 bits per heavy atom. The van der Waals surface area contributed by atoms with Gasteiger partial charge in [-0.2, -0.15) is 0 Å². The third-order valence-corrected chi connectivity index (χ3v) is 3.23. The topological polar surface area (TPSA) is 94.1 Å². The molecule has 0 atom stereocenters. The van der Waals surface area contributed by atoms with Gasteiger partial charge in [-0.1, -0.05) is 6.07 Å². The average Bonchev–Trinajstić information content (AvgIpc) is 2.51. The standard InChI is InChI=1S/C15H11FN4O2/c16-12-4-5-13(17)14-11(12)6-7-18-15(14)19-9-2-1-3-10(8-9)20(21)22/h1-8H,17H2,(H,18,19). The molecule has 0 saturated heterocycles. The van der Waals surface area contributed by atoms with E-state index < -0.39 is 10.7 Å². The van der Waals surface area contributed by atoms with Crippen molar-refractivity contribution in [3.05, 3.63) is 64.6 Å². The number of nitro benzene ring substituents is 1. The molecule has 0 fully saturated rings. The van der Waals surface area contributed by atoms with Crippen LogP contribution in [0.3, 0.4) is 0 Å². The Hall–Kier alpha value is -3.22. The van der Waals surface area contributed by atoms with Gasteiger partial charge in [-0.05, 0) is 24.3 Å². The lowest BCUT2D eigenvalue weighted by Crippen LogP contribution is -1.99. The number of nitrogens with two attached hydrogens (primary N) is 1. The zero-order chi connectivity index (χ0) is 15.7. The highest BCUT2D eigenvalue weighted by Gasteiger charge is 2.11. The van der Waals surface area contributed by atoms with Crippen LogP contribution in [0.4, 0.5) is 27.3 Å². The summed E-state index contributed by atoms with van der Waals surface area (Å²) in [5, 5.41) is 14.5. The van der Waals surface area contributed by atoms with E-state index in [0.717, 1.165) is 0 Å². The van der Waals surface area contributed by atoms with Crippen LogP contribution in [-0.4, -0.2) is 9.91 Å². The highest BCUT2D eigenvalue weighted by molar-refractivity contribution is 6.02. The van der Waals surface area contributed by atoms with Crippen molar-refractivity contribution in [2.24, 2.45) is 0 Å². The quantitative estimate of drug-likeness (QED) is 0.437. The highest BCUT2D eigenvalue weighted by atomic mass is 19.1. The Bertz CT molecular complexity index is 883. The summed E-state index contributed by atoms with van der Waals surface area (Å²) in [5.41, 5.74) is 6.69. The van der Waals surface area contributed by atoms with Crippen molar-refractivity contribution in [2.75, 3.05) is 11.1 Å². The van der Waals surface area contributed by atoms with Crippen molar-refractivity contribution >= 4 is 33.7 Å². The lowest BCUT2D eigenvalue weighted by Gasteiger charge is -2.11. The SMILES string of the molecule is Nc1ccc(F)c2ccnc(Nc3cccc([N+](=O)[O-])c3)c12. The lowest BCUT2D eigenvalue weighted by molar-refractivity contribution is -0.384. The number of pyridine rings is 1.